The molecule has 1 aliphatic rings. The van der Waals surface area contributed by atoms with Crippen LogP contribution in [-0.2, 0) is 13.2 Å². The molecule has 0 amide bonds. The van der Waals surface area contributed by atoms with E-state index in [2.05, 4.69) is 52.3 Å². The van der Waals surface area contributed by atoms with Gasteiger partial charge in [0.2, 0.25) is 0 Å². The molecular weight excluding hydrogens is 260 g/mol. The summed E-state index contributed by atoms with van der Waals surface area (Å²) >= 11 is 0. The normalized spacial score (nSPS) is 16.1. The van der Waals surface area contributed by atoms with Gasteiger partial charge in [-0.15, -0.1) is 0 Å². The molecule has 0 unspecified atom stereocenters. The van der Waals surface area contributed by atoms with Gasteiger partial charge in [0.15, 0.2) is 0 Å². The van der Waals surface area contributed by atoms with E-state index < -0.39 is 0 Å². The highest BCUT2D eigenvalue weighted by Crippen LogP contribution is 2.18. The van der Waals surface area contributed by atoms with Crippen molar-refractivity contribution in [3.8, 4) is 0 Å². The lowest BCUT2D eigenvalue weighted by Gasteiger charge is -2.36. The van der Waals surface area contributed by atoms with Crippen molar-refractivity contribution in [3.05, 3.63) is 65.7 Å². The van der Waals surface area contributed by atoms with E-state index in [9.17, 15) is 5.11 Å². The van der Waals surface area contributed by atoms with Crippen LogP contribution in [0.25, 0.3) is 0 Å². The quantitative estimate of drug-likeness (QED) is 0.933. The topological polar surface area (TPSA) is 26.7 Å². The minimum absolute atomic E-state index is 0.125. The molecule has 3 rings (SSSR count). The Morgan fingerprint density at radius 3 is 2.05 bits per heavy atom. The van der Waals surface area contributed by atoms with Crippen molar-refractivity contribution in [1.82, 2.24) is 4.90 Å². The van der Waals surface area contributed by atoms with E-state index >= 15 is 0 Å². The molecule has 2 aromatic carbocycles. The monoisotopic (exact) mass is 282 g/mol. The molecule has 0 bridgehead atoms. The van der Waals surface area contributed by atoms with Crippen LogP contribution in [0, 0.1) is 0 Å². The number of nitrogens with zero attached hydrogens (tertiary/aromatic N) is 2. The third kappa shape index (κ3) is 3.43. The third-order valence-electron chi connectivity index (χ3n) is 4.18. The maximum atomic E-state index is 9.41. The first kappa shape index (κ1) is 14.1. The zero-order chi connectivity index (χ0) is 14.5. The van der Waals surface area contributed by atoms with E-state index in [-0.39, 0.29) is 6.61 Å². The highest BCUT2D eigenvalue weighted by molar-refractivity contribution is 5.46. The maximum Gasteiger partial charge on any atom is 0.0685 e. The third-order valence-corrected chi connectivity index (χ3v) is 4.18. The molecule has 0 atom stereocenters. The molecule has 1 fully saturated rings. The molecule has 1 saturated heterocycles. The lowest BCUT2D eigenvalue weighted by Crippen LogP contribution is -2.46. The Hall–Kier alpha value is -1.84. The van der Waals surface area contributed by atoms with Crippen LogP contribution in [0.1, 0.15) is 11.1 Å². The van der Waals surface area contributed by atoms with Crippen LogP contribution < -0.4 is 4.90 Å². The van der Waals surface area contributed by atoms with Gasteiger partial charge in [-0.2, -0.15) is 0 Å². The number of piperazine rings is 1. The second-order valence-corrected chi connectivity index (χ2v) is 5.53. The van der Waals surface area contributed by atoms with E-state index in [1.165, 1.54) is 11.3 Å². The SMILES string of the molecule is OCc1ccccc1CN1CCN(c2ccccc2)CC1. The predicted octanol–water partition coefficient (Wildman–Crippen LogP) is 2.50. The summed E-state index contributed by atoms with van der Waals surface area (Å²) in [5.41, 5.74) is 3.60. The Balaban J connectivity index is 1.59. The first-order chi connectivity index (χ1) is 10.4. The summed E-state index contributed by atoms with van der Waals surface area (Å²) in [6.07, 6.45) is 0. The minimum atomic E-state index is 0.125. The Bertz CT molecular complexity index is 562. The fourth-order valence-electron chi connectivity index (χ4n) is 2.91. The largest absolute Gasteiger partial charge is 0.392 e. The first-order valence-corrected chi connectivity index (χ1v) is 7.57. The number of hydrogen-bond donors (Lipinski definition) is 1. The van der Waals surface area contributed by atoms with E-state index in [0.29, 0.717) is 0 Å². The van der Waals surface area contributed by atoms with Crippen molar-refractivity contribution in [2.24, 2.45) is 0 Å². The van der Waals surface area contributed by atoms with Crippen molar-refractivity contribution in [2.75, 3.05) is 31.1 Å². The van der Waals surface area contributed by atoms with Gasteiger partial charge >= 0.3 is 0 Å². The lowest BCUT2D eigenvalue weighted by atomic mass is 10.1. The molecule has 0 radical (unpaired) electrons. The van der Waals surface area contributed by atoms with Crippen LogP contribution in [-0.4, -0.2) is 36.2 Å². The number of benzene rings is 2. The molecule has 3 heteroatoms. The van der Waals surface area contributed by atoms with Crippen molar-refractivity contribution in [3.63, 3.8) is 0 Å². The van der Waals surface area contributed by atoms with Crippen LogP contribution in [0.3, 0.4) is 0 Å². The maximum absolute atomic E-state index is 9.41. The van der Waals surface area contributed by atoms with E-state index in [1.54, 1.807) is 0 Å². The van der Waals surface area contributed by atoms with Gasteiger partial charge in [0, 0.05) is 38.4 Å². The minimum Gasteiger partial charge on any atom is -0.392 e. The van der Waals surface area contributed by atoms with Crippen LogP contribution in [0.2, 0.25) is 0 Å². The second-order valence-electron chi connectivity index (χ2n) is 5.53. The van der Waals surface area contributed by atoms with Crippen molar-refractivity contribution < 1.29 is 5.11 Å². The number of aliphatic hydroxyl groups excluding tert-OH is 1. The average Bonchev–Trinajstić information content (AvgIpc) is 2.57. The standard InChI is InChI=1S/C18H22N2O/c21-15-17-7-5-4-6-16(17)14-19-10-12-20(13-11-19)18-8-2-1-3-9-18/h1-9,21H,10-15H2. The Kier molecular flexibility index (Phi) is 4.53. The van der Waals surface area contributed by atoms with Crippen LogP contribution >= 0.6 is 0 Å². The van der Waals surface area contributed by atoms with Gasteiger partial charge in [0.1, 0.15) is 0 Å². The van der Waals surface area contributed by atoms with Gasteiger partial charge in [0.05, 0.1) is 6.61 Å². The molecule has 2 aromatic rings. The van der Waals surface area contributed by atoms with E-state index in [0.717, 1.165) is 38.3 Å². The number of anilines is 1. The van der Waals surface area contributed by atoms with E-state index in [1.807, 2.05) is 12.1 Å². The van der Waals surface area contributed by atoms with E-state index in [4.69, 9.17) is 0 Å². The zero-order valence-electron chi connectivity index (χ0n) is 12.3. The van der Waals surface area contributed by atoms with Crippen molar-refractivity contribution in [2.45, 2.75) is 13.2 Å². The van der Waals surface area contributed by atoms with Gasteiger partial charge in [-0.3, -0.25) is 4.90 Å². The van der Waals surface area contributed by atoms with Crippen LogP contribution in [0.15, 0.2) is 54.6 Å². The summed E-state index contributed by atoms with van der Waals surface area (Å²) in [5, 5.41) is 9.41. The molecule has 110 valence electrons. The molecule has 1 heterocycles. The highest BCUT2D eigenvalue weighted by atomic mass is 16.3. The summed E-state index contributed by atoms with van der Waals surface area (Å²) in [6, 6.07) is 18.8. The number of rotatable bonds is 4. The number of hydrogen-bond acceptors (Lipinski definition) is 3. The van der Waals surface area contributed by atoms with Gasteiger partial charge < -0.3 is 10.0 Å². The van der Waals surface area contributed by atoms with Crippen molar-refractivity contribution >= 4 is 5.69 Å². The Morgan fingerprint density at radius 2 is 1.38 bits per heavy atom. The second kappa shape index (κ2) is 6.74. The van der Waals surface area contributed by atoms with Crippen LogP contribution in [0.5, 0.6) is 0 Å². The summed E-state index contributed by atoms with van der Waals surface area (Å²) < 4.78 is 0. The molecule has 1 N–H and O–H groups in total. The molecule has 0 spiro atoms. The molecular formula is C18H22N2O. The Labute approximate surface area is 126 Å². The molecule has 21 heavy (non-hydrogen) atoms. The number of para-hydroxylation sites is 1. The van der Waals surface area contributed by atoms with Crippen LogP contribution in [0.4, 0.5) is 5.69 Å². The highest BCUT2D eigenvalue weighted by Gasteiger charge is 2.17. The Morgan fingerprint density at radius 1 is 0.762 bits per heavy atom. The summed E-state index contributed by atoms with van der Waals surface area (Å²) in [6.45, 7) is 5.31. The first-order valence-electron chi connectivity index (χ1n) is 7.57. The zero-order valence-corrected chi connectivity index (χ0v) is 12.3. The summed E-state index contributed by atoms with van der Waals surface area (Å²) in [7, 11) is 0. The predicted molar refractivity (Wildman–Crippen MR) is 86.3 cm³/mol. The fourth-order valence-corrected chi connectivity index (χ4v) is 2.91. The molecule has 1 aliphatic heterocycles. The number of aliphatic hydroxyl groups is 1. The van der Waals surface area contributed by atoms with Crippen molar-refractivity contribution in [1.29, 1.82) is 0 Å². The fraction of sp³-hybridized carbons (Fsp3) is 0.333. The molecule has 0 aromatic heterocycles. The van der Waals surface area contributed by atoms with Gasteiger partial charge in [-0.1, -0.05) is 42.5 Å². The summed E-state index contributed by atoms with van der Waals surface area (Å²) in [5.74, 6) is 0. The average molecular weight is 282 g/mol. The van der Waals surface area contributed by atoms with Gasteiger partial charge in [-0.25, -0.2) is 0 Å². The molecule has 0 aliphatic carbocycles. The van der Waals surface area contributed by atoms with Gasteiger partial charge in [0.25, 0.3) is 0 Å². The lowest BCUT2D eigenvalue weighted by molar-refractivity contribution is 0.243. The molecule has 3 nitrogen and oxygen atoms in total. The molecule has 0 saturated carbocycles. The van der Waals surface area contributed by atoms with Gasteiger partial charge in [-0.05, 0) is 23.3 Å². The summed E-state index contributed by atoms with van der Waals surface area (Å²) in [4.78, 5) is 4.91. The smallest absolute Gasteiger partial charge is 0.0685 e.